The van der Waals surface area contributed by atoms with Gasteiger partial charge in [0, 0.05) is 19.0 Å². The van der Waals surface area contributed by atoms with Crippen LogP contribution in [-0.2, 0) is 43.5 Å². The average Bonchev–Trinajstić information content (AvgIpc) is 3.40. The number of rotatable bonds is 8. The molecule has 1 saturated heterocycles. The highest BCUT2D eigenvalue weighted by atomic mass is 32.2. The second-order valence-electron chi connectivity index (χ2n) is 13.1. The smallest absolute Gasteiger partial charge is 0.408 e. The molecule has 0 aliphatic carbocycles. The summed E-state index contributed by atoms with van der Waals surface area (Å²) in [4.78, 5) is 80.0. The van der Waals surface area contributed by atoms with E-state index in [2.05, 4.69) is 16.0 Å². The molecule has 0 radical (unpaired) electrons. The van der Waals surface area contributed by atoms with Gasteiger partial charge >= 0.3 is 12.1 Å². The van der Waals surface area contributed by atoms with Crippen LogP contribution < -0.4 is 20.7 Å². The number of para-hydroxylation sites is 1. The number of hydrogen-bond acceptors (Lipinski definition) is 10. The number of carbonyl (C=O) groups is 6. The zero-order chi connectivity index (χ0) is 36.4. The Morgan fingerprint density at radius 3 is 2.39 bits per heavy atom. The fourth-order valence-electron chi connectivity index (χ4n) is 5.59. The van der Waals surface area contributed by atoms with Gasteiger partial charge in [0.2, 0.25) is 27.7 Å². The first kappa shape index (κ1) is 39.0. The molecule has 0 spiro atoms. The SMILES string of the molecule is CC[C@]1(C(=O)NS(=O)(=O)CC(=O)Nc2ccccc2)/C=C\CCCCC[C@H](NC(=O)OC(C)(C)C)C(=O)N2C[C@H](OC(C)=O)C[C@H]2C(=O)N1. The van der Waals surface area contributed by atoms with E-state index < -0.39 is 80.8 Å². The molecular formula is C33H47N5O10S. The lowest BCUT2D eigenvalue weighted by molar-refractivity contribution is -0.146. The number of alkyl carbamates (subject to hydrolysis) is 1. The van der Waals surface area contributed by atoms with Crippen molar-refractivity contribution in [2.45, 2.75) is 109 Å². The van der Waals surface area contributed by atoms with Crippen LogP contribution in [-0.4, -0.2) is 90.6 Å². The van der Waals surface area contributed by atoms with Crippen LogP contribution in [0.15, 0.2) is 42.5 Å². The molecule has 1 aromatic rings. The number of esters is 1. The van der Waals surface area contributed by atoms with Gasteiger partial charge in [0.25, 0.3) is 5.91 Å². The third-order valence-electron chi connectivity index (χ3n) is 7.87. The molecule has 0 bridgehead atoms. The van der Waals surface area contributed by atoms with E-state index in [1.54, 1.807) is 64.1 Å². The van der Waals surface area contributed by atoms with Gasteiger partial charge in [-0.3, -0.25) is 28.7 Å². The topological polar surface area (TPSA) is 206 Å². The normalized spacial score (nSPS) is 24.3. The predicted octanol–water partition coefficient (Wildman–Crippen LogP) is 2.28. The minimum absolute atomic E-state index is 0.0936. The molecule has 3 rings (SSSR count). The van der Waals surface area contributed by atoms with Crippen LogP contribution >= 0.6 is 0 Å². The summed E-state index contributed by atoms with van der Waals surface area (Å²) in [5.74, 6) is -5.08. The molecule has 16 heteroatoms. The van der Waals surface area contributed by atoms with Gasteiger partial charge in [-0.25, -0.2) is 13.2 Å². The van der Waals surface area contributed by atoms with Gasteiger partial charge in [-0.15, -0.1) is 0 Å². The van der Waals surface area contributed by atoms with Gasteiger partial charge in [-0.1, -0.05) is 50.1 Å². The number of anilines is 1. The standard InChI is InChI=1S/C33H47N5O10S/c1-6-33(30(43)37-49(45,46)21-27(40)34-23-15-11-10-12-16-23)18-14-9-7-8-13-17-25(35-31(44)48-32(3,4)5)29(42)38-20-24(47-22(2)39)19-26(38)28(41)36-33/h10-12,14-16,18,24-26H,6-9,13,17,19-21H2,1-5H3,(H,34,40)(H,35,44)(H,36,41)(H,37,43)/b18-14-/t24-,25+,26+,33-/m1/s1. The summed E-state index contributed by atoms with van der Waals surface area (Å²) in [6.45, 7) is 7.65. The Morgan fingerprint density at radius 1 is 1.06 bits per heavy atom. The second-order valence-corrected chi connectivity index (χ2v) is 14.9. The molecule has 1 aromatic carbocycles. The highest BCUT2D eigenvalue weighted by Gasteiger charge is 2.47. The van der Waals surface area contributed by atoms with E-state index in [0.29, 0.717) is 31.4 Å². The zero-order valence-corrected chi connectivity index (χ0v) is 29.4. The van der Waals surface area contributed by atoms with Gasteiger partial charge in [-0.2, -0.15) is 0 Å². The molecule has 4 N–H and O–H groups in total. The van der Waals surface area contributed by atoms with E-state index >= 15 is 0 Å². The first-order chi connectivity index (χ1) is 22.9. The van der Waals surface area contributed by atoms with E-state index in [4.69, 9.17) is 9.47 Å². The summed E-state index contributed by atoms with van der Waals surface area (Å²) in [5.41, 5.74) is -2.36. The number of benzene rings is 1. The number of sulfonamides is 1. The summed E-state index contributed by atoms with van der Waals surface area (Å²) >= 11 is 0. The lowest BCUT2D eigenvalue weighted by Crippen LogP contribution is -2.62. The summed E-state index contributed by atoms with van der Waals surface area (Å²) in [6.07, 6.45) is 3.71. The molecule has 49 heavy (non-hydrogen) atoms. The van der Waals surface area contributed by atoms with Crippen LogP contribution in [0.4, 0.5) is 10.5 Å². The van der Waals surface area contributed by atoms with E-state index in [0.717, 1.165) is 0 Å². The van der Waals surface area contributed by atoms with Crippen molar-refractivity contribution in [1.29, 1.82) is 0 Å². The van der Waals surface area contributed by atoms with Crippen molar-refractivity contribution in [2.75, 3.05) is 17.6 Å². The number of fused-ring (bicyclic) bond motifs is 1. The van der Waals surface area contributed by atoms with Gasteiger partial charge in [0.15, 0.2) is 0 Å². The van der Waals surface area contributed by atoms with E-state index in [1.807, 2.05) is 4.72 Å². The maximum atomic E-state index is 14.0. The molecule has 2 heterocycles. The van der Waals surface area contributed by atoms with Crippen molar-refractivity contribution in [2.24, 2.45) is 0 Å². The Labute approximate surface area is 286 Å². The molecule has 5 amide bonds. The summed E-state index contributed by atoms with van der Waals surface area (Å²) in [5, 5.41) is 7.73. The Balaban J connectivity index is 1.91. The third-order valence-corrected chi connectivity index (χ3v) is 9.01. The van der Waals surface area contributed by atoms with Gasteiger partial charge in [-0.05, 0) is 58.6 Å². The summed E-state index contributed by atoms with van der Waals surface area (Å²) in [7, 11) is -4.53. The van der Waals surface area contributed by atoms with Crippen molar-refractivity contribution in [1.82, 2.24) is 20.3 Å². The molecule has 270 valence electrons. The molecule has 1 fully saturated rings. The number of allylic oxidation sites excluding steroid dienone is 1. The molecule has 0 aromatic heterocycles. The largest absolute Gasteiger partial charge is 0.461 e. The van der Waals surface area contributed by atoms with Crippen molar-refractivity contribution in [3.8, 4) is 0 Å². The van der Waals surface area contributed by atoms with Crippen LogP contribution in [0.1, 0.15) is 79.6 Å². The Hall–Kier alpha value is -4.47. The lowest BCUT2D eigenvalue weighted by atomic mass is 9.92. The van der Waals surface area contributed by atoms with Crippen LogP contribution in [0, 0.1) is 0 Å². The van der Waals surface area contributed by atoms with Crippen LogP contribution in [0.3, 0.4) is 0 Å². The van der Waals surface area contributed by atoms with Gasteiger partial charge < -0.3 is 30.3 Å². The number of nitrogens with zero attached hydrogens (tertiary/aromatic N) is 1. The number of amides is 5. The first-order valence-electron chi connectivity index (χ1n) is 16.3. The van der Waals surface area contributed by atoms with Crippen molar-refractivity contribution in [3.63, 3.8) is 0 Å². The number of ether oxygens (including phenoxy) is 2. The van der Waals surface area contributed by atoms with Crippen molar-refractivity contribution >= 4 is 51.4 Å². The highest BCUT2D eigenvalue weighted by molar-refractivity contribution is 7.90. The quantitative estimate of drug-likeness (QED) is 0.229. The van der Waals surface area contributed by atoms with E-state index in [9.17, 15) is 37.2 Å². The number of carbonyl (C=O) groups excluding carboxylic acids is 6. The zero-order valence-electron chi connectivity index (χ0n) is 28.6. The molecule has 15 nitrogen and oxygen atoms in total. The average molecular weight is 706 g/mol. The van der Waals surface area contributed by atoms with Crippen molar-refractivity contribution in [3.05, 3.63) is 42.5 Å². The maximum absolute atomic E-state index is 14.0. The monoisotopic (exact) mass is 705 g/mol. The maximum Gasteiger partial charge on any atom is 0.408 e. The van der Waals surface area contributed by atoms with Crippen LogP contribution in [0.25, 0.3) is 0 Å². The number of nitrogens with one attached hydrogen (secondary N) is 4. The molecule has 2 aliphatic rings. The fourth-order valence-corrected chi connectivity index (χ4v) is 6.55. The Bertz CT molecular complexity index is 1530. The molecule has 0 saturated carbocycles. The predicted molar refractivity (Wildman–Crippen MR) is 179 cm³/mol. The molecular weight excluding hydrogens is 658 g/mol. The van der Waals surface area contributed by atoms with Gasteiger partial charge in [0.1, 0.15) is 35.1 Å². The van der Waals surface area contributed by atoms with Crippen LogP contribution in [0.5, 0.6) is 0 Å². The third kappa shape index (κ3) is 11.9. The molecule has 2 aliphatic heterocycles. The van der Waals surface area contributed by atoms with Crippen LogP contribution in [0.2, 0.25) is 0 Å². The molecule has 0 unspecified atom stereocenters. The fraction of sp³-hybridized carbons (Fsp3) is 0.576. The number of hydrogen-bond donors (Lipinski definition) is 4. The minimum Gasteiger partial charge on any atom is -0.461 e. The highest BCUT2D eigenvalue weighted by Crippen LogP contribution is 2.26. The molecule has 4 atom stereocenters. The minimum atomic E-state index is -4.53. The van der Waals surface area contributed by atoms with Crippen molar-refractivity contribution < 1.29 is 46.7 Å². The van der Waals surface area contributed by atoms with E-state index in [1.165, 1.54) is 17.9 Å². The second kappa shape index (κ2) is 16.8. The van der Waals surface area contributed by atoms with Gasteiger partial charge in [0.05, 0.1) is 6.54 Å². The Morgan fingerprint density at radius 2 is 1.76 bits per heavy atom. The van der Waals surface area contributed by atoms with E-state index in [-0.39, 0.29) is 25.8 Å². The summed E-state index contributed by atoms with van der Waals surface area (Å²) in [6, 6.07) is 5.87. The first-order valence-corrected chi connectivity index (χ1v) is 18.0. The summed E-state index contributed by atoms with van der Waals surface area (Å²) < 4.78 is 38.6. The Kier molecular flexibility index (Phi) is 13.3. The lowest BCUT2D eigenvalue weighted by Gasteiger charge is -2.34.